The first-order valence-electron chi connectivity index (χ1n) is 5.62. The molecule has 0 amide bonds. The summed E-state index contributed by atoms with van der Waals surface area (Å²) in [5, 5.41) is 0. The van der Waals surface area contributed by atoms with Crippen LogP contribution < -0.4 is 0 Å². The molecular formula is C9H17Cl2N2O2P. The minimum absolute atomic E-state index is 0.156. The molecule has 7 heteroatoms. The molecule has 3 fully saturated rings. The molecule has 3 saturated heterocycles. The fraction of sp³-hybridized carbons (Fsp3) is 1.00. The number of alkyl halides is 2. The van der Waals surface area contributed by atoms with E-state index in [0.717, 1.165) is 25.9 Å². The summed E-state index contributed by atoms with van der Waals surface area (Å²) in [5.74, 6) is 0.894. The highest BCUT2D eigenvalue weighted by molar-refractivity contribution is 7.54. The van der Waals surface area contributed by atoms with Crippen molar-refractivity contribution in [1.29, 1.82) is 0 Å². The van der Waals surface area contributed by atoms with Crippen molar-refractivity contribution in [2.45, 2.75) is 18.9 Å². The summed E-state index contributed by atoms with van der Waals surface area (Å²) in [4.78, 5) is 0. The van der Waals surface area contributed by atoms with Gasteiger partial charge < -0.3 is 4.52 Å². The molecule has 0 N–H and O–H groups in total. The third-order valence-corrected chi connectivity index (χ3v) is 6.25. The summed E-state index contributed by atoms with van der Waals surface area (Å²) >= 11 is 11.5. The lowest BCUT2D eigenvalue weighted by Gasteiger charge is -2.48. The van der Waals surface area contributed by atoms with Gasteiger partial charge in [-0.2, -0.15) is 0 Å². The zero-order valence-corrected chi connectivity index (χ0v) is 11.6. The van der Waals surface area contributed by atoms with E-state index in [4.69, 9.17) is 27.7 Å². The molecule has 3 aliphatic rings. The van der Waals surface area contributed by atoms with E-state index >= 15 is 0 Å². The summed E-state index contributed by atoms with van der Waals surface area (Å²) in [6.07, 6.45) is 2.13. The average molecular weight is 287 g/mol. The van der Waals surface area contributed by atoms with E-state index in [1.165, 1.54) is 0 Å². The predicted octanol–water partition coefficient (Wildman–Crippen LogP) is 2.37. The van der Waals surface area contributed by atoms with Crippen molar-refractivity contribution in [1.82, 2.24) is 9.34 Å². The van der Waals surface area contributed by atoms with Gasteiger partial charge in [0, 0.05) is 37.9 Å². The van der Waals surface area contributed by atoms with Crippen molar-refractivity contribution in [3.63, 3.8) is 0 Å². The van der Waals surface area contributed by atoms with Crippen molar-refractivity contribution in [3.05, 3.63) is 0 Å². The number of hydrogen-bond acceptors (Lipinski definition) is 2. The lowest BCUT2D eigenvalue weighted by atomic mass is 10.1. The molecule has 16 heavy (non-hydrogen) atoms. The number of hydrogen-bond donors (Lipinski definition) is 0. The van der Waals surface area contributed by atoms with Crippen LogP contribution in [0, 0.1) is 0 Å². The van der Waals surface area contributed by atoms with Gasteiger partial charge in [0.2, 0.25) is 0 Å². The van der Waals surface area contributed by atoms with Gasteiger partial charge in [0.1, 0.15) is 0 Å². The van der Waals surface area contributed by atoms with Crippen molar-refractivity contribution in [2.24, 2.45) is 0 Å². The summed E-state index contributed by atoms with van der Waals surface area (Å²) in [6.45, 7) is 2.86. The molecule has 1 unspecified atom stereocenters. The maximum Gasteiger partial charge on any atom is 0.346 e. The Balaban J connectivity index is 2.12. The van der Waals surface area contributed by atoms with E-state index in [9.17, 15) is 4.57 Å². The smallest absolute Gasteiger partial charge is 0.302 e. The van der Waals surface area contributed by atoms with Gasteiger partial charge in [-0.25, -0.2) is 9.34 Å². The Morgan fingerprint density at radius 3 is 2.19 bits per heavy atom. The Morgan fingerprint density at radius 2 is 1.81 bits per heavy atom. The van der Waals surface area contributed by atoms with Gasteiger partial charge >= 0.3 is 7.67 Å². The van der Waals surface area contributed by atoms with Crippen LogP contribution in [0.1, 0.15) is 12.8 Å². The fourth-order valence-electron chi connectivity index (χ4n) is 2.27. The molecule has 0 radical (unpaired) electrons. The molecular weight excluding hydrogens is 270 g/mol. The van der Waals surface area contributed by atoms with Gasteiger partial charge in [-0.1, -0.05) is 0 Å². The molecule has 3 heterocycles. The Labute approximate surface area is 106 Å². The zero-order chi connectivity index (χ0) is 11.6. The van der Waals surface area contributed by atoms with Crippen LogP contribution in [-0.2, 0) is 9.09 Å². The van der Waals surface area contributed by atoms with Gasteiger partial charge in [0.05, 0.1) is 6.10 Å². The lowest BCUT2D eigenvalue weighted by Crippen LogP contribution is -2.47. The zero-order valence-electron chi connectivity index (χ0n) is 9.15. The van der Waals surface area contributed by atoms with Crippen LogP contribution >= 0.6 is 30.9 Å². The highest BCUT2D eigenvalue weighted by atomic mass is 35.5. The van der Waals surface area contributed by atoms with E-state index in [0.29, 0.717) is 24.8 Å². The number of halogens is 2. The number of nitrogens with zero attached hydrogens (tertiary/aromatic N) is 2. The SMILES string of the molecule is O=P1(N(CCCl)CCCl)OC2CCN1CC2. The Bertz CT molecular complexity index is 279. The van der Waals surface area contributed by atoms with Crippen molar-refractivity contribution in [3.8, 4) is 0 Å². The molecule has 0 aromatic heterocycles. The van der Waals surface area contributed by atoms with E-state index < -0.39 is 7.67 Å². The Morgan fingerprint density at radius 1 is 1.25 bits per heavy atom. The first kappa shape index (κ1) is 13.1. The molecule has 94 valence electrons. The summed E-state index contributed by atoms with van der Waals surface area (Å²) in [5.41, 5.74) is 0. The van der Waals surface area contributed by atoms with E-state index in [1.807, 2.05) is 9.34 Å². The molecule has 0 saturated carbocycles. The quantitative estimate of drug-likeness (QED) is 0.574. The number of fused-ring (bicyclic) bond motifs is 3. The first-order valence-corrected chi connectivity index (χ1v) is 8.22. The van der Waals surface area contributed by atoms with Gasteiger partial charge in [-0.05, 0) is 12.8 Å². The largest absolute Gasteiger partial charge is 0.346 e. The molecule has 0 spiro atoms. The second-order valence-electron chi connectivity index (χ2n) is 4.08. The van der Waals surface area contributed by atoms with E-state index in [1.54, 1.807) is 0 Å². The second kappa shape index (κ2) is 5.55. The van der Waals surface area contributed by atoms with Crippen LogP contribution in [0.15, 0.2) is 0 Å². The summed E-state index contributed by atoms with van der Waals surface area (Å²) < 4.78 is 22.3. The first-order chi connectivity index (χ1) is 7.70. The van der Waals surface area contributed by atoms with Gasteiger partial charge in [0.15, 0.2) is 0 Å². The third-order valence-electron chi connectivity index (χ3n) is 3.10. The van der Waals surface area contributed by atoms with Crippen molar-refractivity contribution in [2.75, 3.05) is 37.9 Å². The van der Waals surface area contributed by atoms with Crippen LogP contribution in [0.2, 0.25) is 0 Å². The van der Waals surface area contributed by atoms with Gasteiger partial charge in [-0.3, -0.25) is 4.57 Å². The van der Waals surface area contributed by atoms with Crippen LogP contribution in [0.4, 0.5) is 0 Å². The van der Waals surface area contributed by atoms with Crippen molar-refractivity contribution < 1.29 is 9.09 Å². The molecule has 0 aromatic carbocycles. The maximum absolute atomic E-state index is 12.8. The van der Waals surface area contributed by atoms with Crippen LogP contribution in [0.3, 0.4) is 0 Å². The lowest BCUT2D eigenvalue weighted by molar-refractivity contribution is 0.0507. The average Bonchev–Trinajstić information content (AvgIpc) is 2.30. The predicted molar refractivity (Wildman–Crippen MR) is 66.3 cm³/mol. The summed E-state index contributed by atoms with van der Waals surface area (Å²) in [6, 6.07) is 0. The molecule has 3 aliphatic heterocycles. The van der Waals surface area contributed by atoms with Gasteiger partial charge in [0.25, 0.3) is 0 Å². The highest BCUT2D eigenvalue weighted by Crippen LogP contribution is 2.60. The van der Waals surface area contributed by atoms with E-state index in [2.05, 4.69) is 0 Å². The number of rotatable bonds is 5. The van der Waals surface area contributed by atoms with Gasteiger partial charge in [-0.15, -0.1) is 23.2 Å². The van der Waals surface area contributed by atoms with Crippen LogP contribution in [-0.4, -0.2) is 53.4 Å². The molecule has 4 nitrogen and oxygen atoms in total. The molecule has 1 atom stereocenters. The van der Waals surface area contributed by atoms with Crippen LogP contribution in [0.5, 0.6) is 0 Å². The molecule has 2 bridgehead atoms. The maximum atomic E-state index is 12.8. The molecule has 0 aromatic rings. The number of piperidine rings is 1. The normalized spacial score (nSPS) is 38.2. The minimum atomic E-state index is -2.82. The molecule has 3 rings (SSSR count). The highest BCUT2D eigenvalue weighted by Gasteiger charge is 2.47. The Kier molecular flexibility index (Phi) is 4.56. The second-order valence-corrected chi connectivity index (χ2v) is 7.16. The monoisotopic (exact) mass is 286 g/mol. The fourth-order valence-corrected chi connectivity index (χ4v) is 5.58. The minimum Gasteiger partial charge on any atom is -0.302 e. The van der Waals surface area contributed by atoms with Crippen molar-refractivity contribution >= 4 is 30.9 Å². The van der Waals surface area contributed by atoms with E-state index in [-0.39, 0.29) is 6.10 Å². The topological polar surface area (TPSA) is 32.8 Å². The summed E-state index contributed by atoms with van der Waals surface area (Å²) in [7, 11) is -2.82. The Hall–Kier alpha value is 0.690. The third kappa shape index (κ3) is 2.43. The standard InChI is InChI=1S/C9H17Cl2N2O2P/c10-3-7-13(8-4-11)16(14)12-5-1-9(15-16)2-6-12/h9H,1-8H2. The molecule has 0 aliphatic carbocycles. The van der Waals surface area contributed by atoms with Crippen LogP contribution in [0.25, 0.3) is 0 Å².